The van der Waals surface area contributed by atoms with Gasteiger partial charge in [-0.25, -0.2) is 4.98 Å². The highest BCUT2D eigenvalue weighted by molar-refractivity contribution is 5.40. The molecule has 5 heteroatoms. The summed E-state index contributed by atoms with van der Waals surface area (Å²) >= 11 is 0. The topological polar surface area (TPSA) is 69.1 Å². The fourth-order valence-corrected chi connectivity index (χ4v) is 2.54. The molecule has 0 amide bonds. The Kier molecular flexibility index (Phi) is 3.58. The zero-order valence-corrected chi connectivity index (χ0v) is 12.4. The summed E-state index contributed by atoms with van der Waals surface area (Å²) in [5, 5.41) is 8.60. The molecule has 0 saturated heterocycles. The molecule has 0 spiro atoms. The Morgan fingerprint density at radius 3 is 2.53 bits per heavy atom. The fraction of sp³-hybridized carbons (Fsp3) is 0.643. The Balaban J connectivity index is 2.49. The summed E-state index contributed by atoms with van der Waals surface area (Å²) in [6.07, 6.45) is 0.984. The fourth-order valence-electron chi connectivity index (χ4n) is 2.54. The first-order valence-corrected chi connectivity index (χ1v) is 6.71. The highest BCUT2D eigenvalue weighted by atomic mass is 15.3. The monoisotopic (exact) mass is 261 g/mol. The van der Waals surface area contributed by atoms with Gasteiger partial charge in [-0.15, -0.1) is 10.2 Å². The van der Waals surface area contributed by atoms with Crippen molar-refractivity contribution in [1.29, 1.82) is 0 Å². The Bertz CT molecular complexity index is 579. The van der Waals surface area contributed by atoms with Crippen molar-refractivity contribution in [2.45, 2.75) is 47.0 Å². The predicted octanol–water partition coefficient (Wildman–Crippen LogP) is 2.22. The quantitative estimate of drug-likeness (QED) is 0.919. The van der Waals surface area contributed by atoms with Gasteiger partial charge in [-0.2, -0.15) is 0 Å². The Labute approximate surface area is 114 Å². The van der Waals surface area contributed by atoms with Crippen molar-refractivity contribution in [1.82, 2.24) is 19.6 Å². The highest BCUT2D eigenvalue weighted by Crippen LogP contribution is 2.30. The number of fused-ring (bicyclic) bond motifs is 1. The second-order valence-corrected chi connectivity index (χ2v) is 6.39. The number of nitrogens with two attached hydrogens (primary N) is 1. The molecular formula is C14H23N5. The third-order valence-corrected chi connectivity index (χ3v) is 3.22. The van der Waals surface area contributed by atoms with Crippen LogP contribution in [0.4, 0.5) is 0 Å². The molecule has 1 unspecified atom stereocenters. The normalized spacial score (nSPS) is 14.0. The number of rotatable bonds is 3. The van der Waals surface area contributed by atoms with Crippen molar-refractivity contribution in [2.75, 3.05) is 6.54 Å². The maximum Gasteiger partial charge on any atom is 0.164 e. The maximum atomic E-state index is 5.94. The molecule has 0 aliphatic rings. The van der Waals surface area contributed by atoms with E-state index >= 15 is 0 Å². The van der Waals surface area contributed by atoms with Crippen LogP contribution in [-0.2, 0) is 0 Å². The molecular weight excluding hydrogens is 238 g/mol. The summed E-state index contributed by atoms with van der Waals surface area (Å²) in [6.45, 7) is 11.2. The minimum Gasteiger partial charge on any atom is -0.330 e. The molecule has 0 aromatic carbocycles. The first-order chi connectivity index (χ1) is 8.81. The average molecular weight is 261 g/mol. The van der Waals surface area contributed by atoms with E-state index in [0.29, 0.717) is 6.54 Å². The number of nitrogens with zero attached hydrogens (tertiary/aromatic N) is 4. The summed E-state index contributed by atoms with van der Waals surface area (Å²) in [7, 11) is 0. The second-order valence-electron chi connectivity index (χ2n) is 6.39. The standard InChI is InChI=1S/C14H23N5/c1-9-6-12-17-18-13(19(12)10(2)16-9)11(8-15)7-14(3,4)5/h6,11H,7-8,15H2,1-5H3. The first-order valence-electron chi connectivity index (χ1n) is 6.71. The molecule has 104 valence electrons. The molecule has 0 fully saturated rings. The van der Waals surface area contributed by atoms with E-state index < -0.39 is 0 Å². The van der Waals surface area contributed by atoms with Crippen molar-refractivity contribution in [3.63, 3.8) is 0 Å². The van der Waals surface area contributed by atoms with Crippen molar-refractivity contribution < 1.29 is 0 Å². The molecule has 0 radical (unpaired) electrons. The molecule has 0 aliphatic carbocycles. The summed E-state index contributed by atoms with van der Waals surface area (Å²) in [6, 6.07) is 1.95. The Morgan fingerprint density at radius 2 is 1.95 bits per heavy atom. The van der Waals surface area contributed by atoms with Gasteiger partial charge in [-0.05, 0) is 25.7 Å². The predicted molar refractivity (Wildman–Crippen MR) is 76.1 cm³/mol. The van der Waals surface area contributed by atoms with Crippen LogP contribution in [-0.4, -0.2) is 26.1 Å². The van der Waals surface area contributed by atoms with E-state index in [2.05, 4.69) is 36.0 Å². The van der Waals surface area contributed by atoms with Crippen LogP contribution < -0.4 is 5.73 Å². The molecule has 19 heavy (non-hydrogen) atoms. The van der Waals surface area contributed by atoms with Crippen molar-refractivity contribution in [3.8, 4) is 0 Å². The zero-order valence-electron chi connectivity index (χ0n) is 12.4. The molecule has 2 rings (SSSR count). The second kappa shape index (κ2) is 4.89. The molecule has 0 saturated carbocycles. The van der Waals surface area contributed by atoms with Crippen LogP contribution in [0, 0.1) is 19.3 Å². The number of hydrogen-bond acceptors (Lipinski definition) is 4. The molecule has 0 bridgehead atoms. The van der Waals surface area contributed by atoms with E-state index in [1.165, 1.54) is 0 Å². The first kappa shape index (κ1) is 13.9. The van der Waals surface area contributed by atoms with Gasteiger partial charge >= 0.3 is 0 Å². The van der Waals surface area contributed by atoms with E-state index in [4.69, 9.17) is 5.73 Å². The lowest BCUT2D eigenvalue weighted by molar-refractivity contribution is 0.334. The van der Waals surface area contributed by atoms with Crippen molar-refractivity contribution in [2.24, 2.45) is 11.1 Å². The van der Waals surface area contributed by atoms with Crippen LogP contribution in [0.25, 0.3) is 5.65 Å². The highest BCUT2D eigenvalue weighted by Gasteiger charge is 2.24. The lowest BCUT2D eigenvalue weighted by Gasteiger charge is -2.24. The van der Waals surface area contributed by atoms with Gasteiger partial charge < -0.3 is 5.73 Å². The van der Waals surface area contributed by atoms with Crippen molar-refractivity contribution >= 4 is 5.65 Å². The third-order valence-electron chi connectivity index (χ3n) is 3.22. The largest absolute Gasteiger partial charge is 0.330 e. The van der Waals surface area contributed by atoms with Crippen LogP contribution in [0.3, 0.4) is 0 Å². The summed E-state index contributed by atoms with van der Waals surface area (Å²) < 4.78 is 2.02. The molecule has 2 aromatic heterocycles. The lowest BCUT2D eigenvalue weighted by Crippen LogP contribution is -2.22. The maximum absolute atomic E-state index is 5.94. The summed E-state index contributed by atoms with van der Waals surface area (Å²) in [4.78, 5) is 4.49. The van der Waals surface area contributed by atoms with E-state index in [9.17, 15) is 0 Å². The SMILES string of the molecule is Cc1cc2nnc(C(CN)CC(C)(C)C)n2c(C)n1. The van der Waals surface area contributed by atoms with Crippen LogP contribution >= 0.6 is 0 Å². The van der Waals surface area contributed by atoms with Gasteiger partial charge in [0.2, 0.25) is 0 Å². The Hall–Kier alpha value is -1.49. The summed E-state index contributed by atoms with van der Waals surface area (Å²) in [5.41, 5.74) is 7.97. The van der Waals surface area contributed by atoms with Crippen LogP contribution in [0.1, 0.15) is 50.5 Å². The lowest BCUT2D eigenvalue weighted by atomic mass is 9.84. The number of hydrogen-bond donors (Lipinski definition) is 1. The van der Waals surface area contributed by atoms with Gasteiger partial charge in [-0.1, -0.05) is 20.8 Å². The minimum absolute atomic E-state index is 0.207. The van der Waals surface area contributed by atoms with Crippen LogP contribution in [0.2, 0.25) is 0 Å². The molecule has 2 N–H and O–H groups in total. The molecule has 5 nitrogen and oxygen atoms in total. The Morgan fingerprint density at radius 1 is 1.26 bits per heavy atom. The van der Waals surface area contributed by atoms with Gasteiger partial charge in [0, 0.05) is 24.2 Å². The van der Waals surface area contributed by atoms with Crippen LogP contribution in [0.15, 0.2) is 6.07 Å². The molecule has 0 aliphatic heterocycles. The summed E-state index contributed by atoms with van der Waals surface area (Å²) in [5.74, 6) is 2.05. The van der Waals surface area contributed by atoms with E-state index in [-0.39, 0.29) is 11.3 Å². The van der Waals surface area contributed by atoms with Gasteiger partial charge in [0.25, 0.3) is 0 Å². The van der Waals surface area contributed by atoms with Gasteiger partial charge in [0.1, 0.15) is 11.6 Å². The van der Waals surface area contributed by atoms with Gasteiger partial charge in [0.15, 0.2) is 5.65 Å². The third kappa shape index (κ3) is 2.92. The van der Waals surface area contributed by atoms with Crippen molar-refractivity contribution in [3.05, 3.63) is 23.4 Å². The van der Waals surface area contributed by atoms with Gasteiger partial charge in [-0.3, -0.25) is 4.40 Å². The van der Waals surface area contributed by atoms with Crippen LogP contribution in [0.5, 0.6) is 0 Å². The minimum atomic E-state index is 0.207. The van der Waals surface area contributed by atoms with E-state index in [1.807, 2.05) is 24.3 Å². The van der Waals surface area contributed by atoms with Gasteiger partial charge in [0.05, 0.1) is 0 Å². The number of aromatic nitrogens is 4. The molecule has 2 heterocycles. The smallest absolute Gasteiger partial charge is 0.164 e. The zero-order chi connectivity index (χ0) is 14.2. The van der Waals surface area contributed by atoms with E-state index in [0.717, 1.165) is 29.4 Å². The molecule has 2 aromatic rings. The molecule has 1 atom stereocenters. The average Bonchev–Trinajstić information content (AvgIpc) is 2.68. The number of aryl methyl sites for hydroxylation is 2. The van der Waals surface area contributed by atoms with E-state index in [1.54, 1.807) is 0 Å².